The fourth-order valence-corrected chi connectivity index (χ4v) is 6.99. The van der Waals surface area contributed by atoms with Crippen molar-refractivity contribution in [1.82, 2.24) is 4.90 Å². The third-order valence-electron chi connectivity index (χ3n) is 6.63. The molecule has 28 heavy (non-hydrogen) atoms. The monoisotopic (exact) mass is 385 g/mol. The van der Waals surface area contributed by atoms with Crippen molar-refractivity contribution in [1.29, 1.82) is 0 Å². The van der Waals surface area contributed by atoms with E-state index in [1.54, 1.807) is 0 Å². The zero-order valence-corrected chi connectivity index (χ0v) is 17.0. The lowest BCUT2D eigenvalue weighted by atomic mass is 9.63. The van der Waals surface area contributed by atoms with Crippen molar-refractivity contribution in [2.24, 2.45) is 5.92 Å². The van der Waals surface area contributed by atoms with Crippen LogP contribution in [0.1, 0.15) is 23.1 Å². The third kappa shape index (κ3) is 3.19. The van der Waals surface area contributed by atoms with Gasteiger partial charge in [0, 0.05) is 30.3 Å². The van der Waals surface area contributed by atoms with Gasteiger partial charge >= 0.3 is 0 Å². The largest absolute Gasteiger partial charge is 0.298 e. The SMILES string of the molecule is c1ccc(CN2CC3SCCC(c4ccccc4)(c4ccccc4)C3C2)cc1. The number of likely N-dealkylation sites (tertiary alicyclic amines) is 1. The van der Waals surface area contributed by atoms with Crippen LogP contribution in [0.15, 0.2) is 91.0 Å². The lowest BCUT2D eigenvalue weighted by molar-refractivity contribution is 0.269. The minimum Gasteiger partial charge on any atom is -0.298 e. The molecule has 0 saturated carbocycles. The van der Waals surface area contributed by atoms with E-state index in [0.717, 1.165) is 6.54 Å². The van der Waals surface area contributed by atoms with Crippen molar-refractivity contribution in [2.75, 3.05) is 18.8 Å². The summed E-state index contributed by atoms with van der Waals surface area (Å²) in [6.07, 6.45) is 1.23. The van der Waals surface area contributed by atoms with Crippen LogP contribution in [0.2, 0.25) is 0 Å². The standard InChI is InChI=1S/C26H27NS/c1-4-10-21(11-5-1)18-27-19-24-25(20-27)28-17-16-26(24,22-12-6-2-7-13-22)23-14-8-3-9-15-23/h1-15,24-25H,16-20H2. The Labute approximate surface area is 172 Å². The van der Waals surface area contributed by atoms with Crippen LogP contribution in [0, 0.1) is 5.92 Å². The average Bonchev–Trinajstić information content (AvgIpc) is 3.18. The average molecular weight is 386 g/mol. The number of fused-ring (bicyclic) bond motifs is 1. The van der Waals surface area contributed by atoms with Gasteiger partial charge in [-0.3, -0.25) is 4.90 Å². The zero-order valence-electron chi connectivity index (χ0n) is 16.2. The Morgan fingerprint density at radius 3 is 1.93 bits per heavy atom. The summed E-state index contributed by atoms with van der Waals surface area (Å²) in [6, 6.07) is 33.5. The molecule has 2 aliphatic rings. The van der Waals surface area contributed by atoms with E-state index in [2.05, 4.69) is 108 Å². The van der Waals surface area contributed by atoms with Crippen LogP contribution >= 0.6 is 11.8 Å². The van der Waals surface area contributed by atoms with Crippen LogP contribution in [-0.2, 0) is 12.0 Å². The topological polar surface area (TPSA) is 3.24 Å². The van der Waals surface area contributed by atoms with Crippen molar-refractivity contribution in [3.05, 3.63) is 108 Å². The lowest BCUT2D eigenvalue weighted by Crippen LogP contribution is -2.45. The Hall–Kier alpha value is -2.03. The summed E-state index contributed by atoms with van der Waals surface area (Å²) in [7, 11) is 0. The number of rotatable bonds is 4. The van der Waals surface area contributed by atoms with E-state index in [-0.39, 0.29) is 5.41 Å². The van der Waals surface area contributed by atoms with Gasteiger partial charge in [-0.05, 0) is 34.8 Å². The van der Waals surface area contributed by atoms with Gasteiger partial charge in [-0.2, -0.15) is 11.8 Å². The maximum atomic E-state index is 2.68. The van der Waals surface area contributed by atoms with Gasteiger partial charge in [-0.25, -0.2) is 0 Å². The van der Waals surface area contributed by atoms with Crippen molar-refractivity contribution < 1.29 is 0 Å². The highest BCUT2D eigenvalue weighted by Gasteiger charge is 2.51. The molecule has 2 aliphatic heterocycles. The highest BCUT2D eigenvalue weighted by Crippen LogP contribution is 2.53. The van der Waals surface area contributed by atoms with Gasteiger partial charge in [0.2, 0.25) is 0 Å². The Bertz CT molecular complexity index is 854. The first-order valence-electron chi connectivity index (χ1n) is 10.4. The summed E-state index contributed by atoms with van der Waals surface area (Å²) in [4.78, 5) is 2.68. The molecule has 0 amide bonds. The molecule has 2 heterocycles. The predicted molar refractivity (Wildman–Crippen MR) is 120 cm³/mol. The van der Waals surface area contributed by atoms with Gasteiger partial charge in [0.1, 0.15) is 0 Å². The Morgan fingerprint density at radius 1 is 0.750 bits per heavy atom. The van der Waals surface area contributed by atoms with Crippen LogP contribution in [0.25, 0.3) is 0 Å². The molecule has 2 fully saturated rings. The van der Waals surface area contributed by atoms with Crippen LogP contribution in [0.5, 0.6) is 0 Å². The molecule has 0 bridgehead atoms. The number of nitrogens with zero attached hydrogens (tertiary/aromatic N) is 1. The minimum atomic E-state index is 0.129. The Balaban J connectivity index is 1.53. The van der Waals surface area contributed by atoms with Crippen LogP contribution in [0.4, 0.5) is 0 Å². The summed E-state index contributed by atoms with van der Waals surface area (Å²) in [6.45, 7) is 3.44. The fraction of sp³-hybridized carbons (Fsp3) is 0.308. The summed E-state index contributed by atoms with van der Waals surface area (Å²) < 4.78 is 0. The van der Waals surface area contributed by atoms with E-state index in [9.17, 15) is 0 Å². The summed E-state index contributed by atoms with van der Waals surface area (Å²) in [5, 5.41) is 0.706. The second-order valence-electron chi connectivity index (χ2n) is 8.15. The van der Waals surface area contributed by atoms with Crippen molar-refractivity contribution in [3.8, 4) is 0 Å². The molecule has 1 nitrogen and oxygen atoms in total. The maximum Gasteiger partial charge on any atom is 0.0262 e. The molecule has 0 aromatic heterocycles. The molecule has 2 unspecified atom stereocenters. The van der Waals surface area contributed by atoms with Crippen LogP contribution < -0.4 is 0 Å². The van der Waals surface area contributed by atoms with E-state index in [4.69, 9.17) is 0 Å². The van der Waals surface area contributed by atoms with Gasteiger partial charge in [0.25, 0.3) is 0 Å². The zero-order chi connectivity index (χ0) is 18.8. The first-order chi connectivity index (χ1) is 13.9. The molecule has 0 radical (unpaired) electrons. The molecule has 142 valence electrons. The first kappa shape index (κ1) is 18.0. The fourth-order valence-electron chi connectivity index (χ4n) is 5.38. The van der Waals surface area contributed by atoms with Crippen molar-refractivity contribution >= 4 is 11.8 Å². The van der Waals surface area contributed by atoms with Crippen LogP contribution in [-0.4, -0.2) is 29.0 Å². The summed E-state index contributed by atoms with van der Waals surface area (Å²) >= 11 is 2.20. The second kappa shape index (κ2) is 7.77. The van der Waals surface area contributed by atoms with Crippen LogP contribution in [0.3, 0.4) is 0 Å². The highest BCUT2D eigenvalue weighted by atomic mass is 32.2. The van der Waals surface area contributed by atoms with Gasteiger partial charge in [0.05, 0.1) is 0 Å². The van der Waals surface area contributed by atoms with E-state index < -0.39 is 0 Å². The van der Waals surface area contributed by atoms with Gasteiger partial charge in [0.15, 0.2) is 0 Å². The molecule has 3 aromatic rings. The van der Waals surface area contributed by atoms with Crippen molar-refractivity contribution in [2.45, 2.75) is 23.6 Å². The number of thioether (sulfide) groups is 1. The maximum absolute atomic E-state index is 2.68. The lowest BCUT2D eigenvalue weighted by Gasteiger charge is -2.46. The van der Waals surface area contributed by atoms with E-state index >= 15 is 0 Å². The highest BCUT2D eigenvalue weighted by molar-refractivity contribution is 8.00. The second-order valence-corrected chi connectivity index (χ2v) is 9.50. The summed E-state index contributed by atoms with van der Waals surface area (Å²) in [5.41, 5.74) is 4.55. The number of hydrogen-bond donors (Lipinski definition) is 0. The smallest absolute Gasteiger partial charge is 0.0262 e. The molecule has 5 rings (SSSR count). The molecular formula is C26H27NS. The molecule has 2 atom stereocenters. The van der Waals surface area contributed by atoms with Crippen molar-refractivity contribution in [3.63, 3.8) is 0 Å². The van der Waals surface area contributed by atoms with Gasteiger partial charge < -0.3 is 0 Å². The molecular weight excluding hydrogens is 358 g/mol. The Kier molecular flexibility index (Phi) is 5.00. The van der Waals surface area contributed by atoms with E-state index in [1.807, 2.05) is 0 Å². The summed E-state index contributed by atoms with van der Waals surface area (Å²) in [5.74, 6) is 1.89. The molecule has 2 heteroatoms. The molecule has 0 aliphatic carbocycles. The number of benzene rings is 3. The molecule has 0 spiro atoms. The predicted octanol–water partition coefficient (Wildman–Crippen LogP) is 5.61. The van der Waals surface area contributed by atoms with Gasteiger partial charge in [-0.1, -0.05) is 91.0 Å². The molecule has 0 N–H and O–H groups in total. The van der Waals surface area contributed by atoms with E-state index in [0.29, 0.717) is 11.2 Å². The molecule has 3 aromatic carbocycles. The molecule has 2 saturated heterocycles. The first-order valence-corrected chi connectivity index (χ1v) is 11.4. The Morgan fingerprint density at radius 2 is 1.32 bits per heavy atom. The quantitative estimate of drug-likeness (QED) is 0.574. The van der Waals surface area contributed by atoms with Gasteiger partial charge in [-0.15, -0.1) is 0 Å². The van der Waals surface area contributed by atoms with E-state index in [1.165, 1.54) is 42.0 Å². The number of hydrogen-bond acceptors (Lipinski definition) is 2. The normalized spacial score (nSPS) is 24.0. The minimum absolute atomic E-state index is 0.129. The third-order valence-corrected chi connectivity index (χ3v) is 7.98.